The number of nitrogens with zero attached hydrogens (tertiary/aromatic N) is 6. The Morgan fingerprint density at radius 1 is 1.05 bits per heavy atom. The Morgan fingerprint density at radius 3 is 2.51 bits per heavy atom. The molecule has 13 heteroatoms. The van der Waals surface area contributed by atoms with Crippen LogP contribution in [0.25, 0.3) is 11.4 Å². The van der Waals surface area contributed by atoms with Crippen molar-refractivity contribution < 1.29 is 27.5 Å². The number of carbonyl (C=O) groups excluding carboxylic acids is 2. The Kier molecular flexibility index (Phi) is 6.20. The molecular formula is C26H24F3N7O3. The fourth-order valence-electron chi connectivity index (χ4n) is 4.67. The number of ether oxygens (including phenoxy) is 1. The predicted octanol–water partition coefficient (Wildman–Crippen LogP) is 3.41. The Balaban J connectivity index is 1.12. The summed E-state index contributed by atoms with van der Waals surface area (Å²) in [6, 6.07) is 3.61. The molecule has 1 N–H and O–H groups in total. The third kappa shape index (κ3) is 4.91. The normalized spacial score (nSPS) is 18.8. The zero-order chi connectivity index (χ0) is 27.3. The van der Waals surface area contributed by atoms with E-state index in [1.54, 1.807) is 7.05 Å². The van der Waals surface area contributed by atoms with E-state index in [-0.39, 0.29) is 30.8 Å². The van der Waals surface area contributed by atoms with E-state index in [4.69, 9.17) is 4.74 Å². The first-order valence-electron chi connectivity index (χ1n) is 12.5. The van der Waals surface area contributed by atoms with Gasteiger partial charge in [0.05, 0.1) is 48.5 Å². The topological polar surface area (TPSA) is 105 Å². The van der Waals surface area contributed by atoms with E-state index < -0.39 is 35.6 Å². The zero-order valence-corrected chi connectivity index (χ0v) is 20.9. The average Bonchev–Trinajstić information content (AvgIpc) is 3.39. The first-order valence-corrected chi connectivity index (χ1v) is 12.5. The van der Waals surface area contributed by atoms with Gasteiger partial charge in [-0.15, -0.1) is 0 Å². The molecule has 202 valence electrons. The number of rotatable bonds is 6. The average molecular weight is 540 g/mol. The summed E-state index contributed by atoms with van der Waals surface area (Å²) in [5, 5.41) is 12.4. The lowest BCUT2D eigenvalue weighted by molar-refractivity contribution is 0.0256. The van der Waals surface area contributed by atoms with Crippen molar-refractivity contribution in [3.05, 3.63) is 65.2 Å². The second-order valence-corrected chi connectivity index (χ2v) is 9.80. The summed E-state index contributed by atoms with van der Waals surface area (Å²) in [5.74, 6) is -2.50. The molecule has 2 aromatic heterocycles. The van der Waals surface area contributed by atoms with Crippen LogP contribution < -0.4 is 10.1 Å². The summed E-state index contributed by atoms with van der Waals surface area (Å²) in [4.78, 5) is 31.3. The molecule has 6 rings (SSSR count). The lowest BCUT2D eigenvalue weighted by atomic mass is 10.0. The summed E-state index contributed by atoms with van der Waals surface area (Å²) in [6.45, 7) is 0.319. The van der Waals surface area contributed by atoms with Gasteiger partial charge in [-0.25, -0.2) is 23.0 Å². The number of likely N-dealkylation sites (tertiary alicyclic amines) is 1. The molecule has 3 aliphatic rings. The van der Waals surface area contributed by atoms with Crippen LogP contribution in [0.1, 0.15) is 41.2 Å². The number of carbonyl (C=O) groups is 2. The first-order chi connectivity index (χ1) is 18.8. The molecule has 1 saturated carbocycles. The molecule has 4 heterocycles. The number of nitrogens with one attached hydrogen (secondary N) is 1. The van der Waals surface area contributed by atoms with Crippen molar-refractivity contribution in [3.8, 4) is 17.1 Å². The molecule has 3 amide bonds. The van der Waals surface area contributed by atoms with E-state index in [2.05, 4.69) is 20.5 Å². The van der Waals surface area contributed by atoms with Crippen LogP contribution in [0.15, 0.2) is 41.8 Å². The number of amides is 3. The van der Waals surface area contributed by atoms with Gasteiger partial charge in [0.1, 0.15) is 17.7 Å². The van der Waals surface area contributed by atoms with Gasteiger partial charge in [0.2, 0.25) is 0 Å². The fraction of sp³-hybridized carbons (Fsp3) is 0.346. The standard InChI is InChI=1S/C26H24F3N7O3/c1-34-24(19(10-32-34)25(37)33-17-2-3-17)21-9-23(20(29)11-30-21)39-18-12-35(13-18)26(38)36-22(4-5-31-36)14-6-15(27)8-16(28)7-14/h5-11,17-18,22H,2-4,12-13H2,1H3,(H,33,37). The highest BCUT2D eigenvalue weighted by Crippen LogP contribution is 2.33. The smallest absolute Gasteiger partial charge is 0.341 e. The molecule has 10 nitrogen and oxygen atoms in total. The molecule has 0 spiro atoms. The Morgan fingerprint density at radius 2 is 1.79 bits per heavy atom. The van der Waals surface area contributed by atoms with Gasteiger partial charge in [0.15, 0.2) is 11.6 Å². The Bertz CT molecular complexity index is 1460. The number of benzene rings is 1. The van der Waals surface area contributed by atoms with Crippen molar-refractivity contribution in [1.29, 1.82) is 0 Å². The molecule has 1 unspecified atom stereocenters. The van der Waals surface area contributed by atoms with E-state index in [0.29, 0.717) is 28.9 Å². The van der Waals surface area contributed by atoms with E-state index in [9.17, 15) is 22.8 Å². The maximum Gasteiger partial charge on any atom is 0.341 e. The number of hydrazone groups is 1. The summed E-state index contributed by atoms with van der Waals surface area (Å²) in [6.07, 6.45) is 5.67. The second-order valence-electron chi connectivity index (χ2n) is 9.80. The van der Waals surface area contributed by atoms with Crippen molar-refractivity contribution in [1.82, 2.24) is 30.0 Å². The highest BCUT2D eigenvalue weighted by atomic mass is 19.1. The van der Waals surface area contributed by atoms with Crippen LogP contribution in [-0.4, -0.2) is 68.1 Å². The van der Waals surface area contributed by atoms with Gasteiger partial charge in [0, 0.05) is 37.9 Å². The summed E-state index contributed by atoms with van der Waals surface area (Å²) in [7, 11) is 1.66. The van der Waals surface area contributed by atoms with Crippen LogP contribution in [0.2, 0.25) is 0 Å². The minimum absolute atomic E-state index is 0.0702. The van der Waals surface area contributed by atoms with Gasteiger partial charge < -0.3 is 15.0 Å². The maximum atomic E-state index is 14.6. The molecule has 1 atom stereocenters. The van der Waals surface area contributed by atoms with Crippen LogP contribution >= 0.6 is 0 Å². The van der Waals surface area contributed by atoms with Crippen molar-refractivity contribution in [2.24, 2.45) is 12.1 Å². The molecule has 1 aromatic carbocycles. The zero-order valence-electron chi connectivity index (χ0n) is 20.9. The van der Waals surface area contributed by atoms with Gasteiger partial charge in [-0.05, 0) is 30.5 Å². The third-order valence-corrected chi connectivity index (χ3v) is 6.87. The molecule has 2 aliphatic heterocycles. The highest BCUT2D eigenvalue weighted by molar-refractivity contribution is 5.99. The summed E-state index contributed by atoms with van der Waals surface area (Å²) in [5.41, 5.74) is 1.37. The van der Waals surface area contributed by atoms with Crippen LogP contribution in [0, 0.1) is 17.5 Å². The maximum absolute atomic E-state index is 14.6. The van der Waals surface area contributed by atoms with E-state index in [1.807, 2.05) is 0 Å². The van der Waals surface area contributed by atoms with Crippen molar-refractivity contribution in [3.63, 3.8) is 0 Å². The minimum Gasteiger partial charge on any atom is -0.483 e. The number of urea groups is 1. The molecule has 1 aliphatic carbocycles. The largest absolute Gasteiger partial charge is 0.483 e. The van der Waals surface area contributed by atoms with E-state index in [1.165, 1.54) is 45.2 Å². The lowest BCUT2D eigenvalue weighted by Crippen LogP contribution is -2.58. The molecule has 2 fully saturated rings. The lowest BCUT2D eigenvalue weighted by Gasteiger charge is -2.41. The number of aromatic nitrogens is 3. The number of pyridine rings is 1. The van der Waals surface area contributed by atoms with Crippen molar-refractivity contribution in [2.75, 3.05) is 13.1 Å². The van der Waals surface area contributed by atoms with E-state index >= 15 is 0 Å². The SMILES string of the molecule is Cn1ncc(C(=O)NC2CC2)c1-c1cc(OC2CN(C(=O)N3N=CCC3c3cc(F)cc(F)c3)C2)c(F)cn1. The van der Waals surface area contributed by atoms with E-state index in [0.717, 1.165) is 25.1 Å². The predicted molar refractivity (Wildman–Crippen MR) is 132 cm³/mol. The van der Waals surface area contributed by atoms with Crippen LogP contribution in [0.5, 0.6) is 5.75 Å². The van der Waals surface area contributed by atoms with Gasteiger partial charge in [-0.1, -0.05) is 0 Å². The van der Waals surface area contributed by atoms with Gasteiger partial charge in [-0.3, -0.25) is 14.5 Å². The molecule has 0 radical (unpaired) electrons. The van der Waals surface area contributed by atoms with Crippen LogP contribution in [0.4, 0.5) is 18.0 Å². The Hall–Kier alpha value is -4.42. The molecule has 0 bridgehead atoms. The van der Waals surface area contributed by atoms with Gasteiger partial charge >= 0.3 is 6.03 Å². The van der Waals surface area contributed by atoms with Gasteiger partial charge in [0.25, 0.3) is 5.91 Å². The number of hydrogen-bond acceptors (Lipinski definition) is 6. The van der Waals surface area contributed by atoms with Gasteiger partial charge in [-0.2, -0.15) is 10.2 Å². The number of aryl methyl sites for hydroxylation is 1. The second kappa shape index (κ2) is 9.71. The molecular weight excluding hydrogens is 515 g/mol. The Labute approximate surface area is 221 Å². The minimum atomic E-state index is -0.734. The monoisotopic (exact) mass is 539 g/mol. The highest BCUT2D eigenvalue weighted by Gasteiger charge is 2.39. The number of halogens is 3. The van der Waals surface area contributed by atoms with Crippen molar-refractivity contribution in [2.45, 2.75) is 37.5 Å². The molecule has 3 aromatic rings. The summed E-state index contributed by atoms with van der Waals surface area (Å²) >= 11 is 0. The van der Waals surface area contributed by atoms with Crippen LogP contribution in [0.3, 0.4) is 0 Å². The fourth-order valence-corrected chi connectivity index (χ4v) is 4.67. The number of hydrogen-bond donors (Lipinski definition) is 1. The van der Waals surface area contributed by atoms with Crippen molar-refractivity contribution >= 4 is 18.2 Å². The molecule has 1 saturated heterocycles. The summed E-state index contributed by atoms with van der Waals surface area (Å²) < 4.78 is 49.4. The first kappa shape index (κ1) is 24.9. The molecule has 39 heavy (non-hydrogen) atoms. The third-order valence-electron chi connectivity index (χ3n) is 6.87. The van der Waals surface area contributed by atoms with Crippen LogP contribution in [-0.2, 0) is 7.05 Å². The quantitative estimate of drug-likeness (QED) is 0.517.